The highest BCUT2D eigenvalue weighted by molar-refractivity contribution is 5.75. The monoisotopic (exact) mass is 316 g/mol. The predicted molar refractivity (Wildman–Crippen MR) is 67.7 cm³/mol. The molecule has 2 aromatic heterocycles. The van der Waals surface area contributed by atoms with Crippen LogP contribution in [0, 0.1) is 0 Å². The van der Waals surface area contributed by atoms with E-state index in [0.717, 1.165) is 6.07 Å². The van der Waals surface area contributed by atoms with E-state index in [1.54, 1.807) is 0 Å². The fourth-order valence-electron chi connectivity index (χ4n) is 1.63. The molecule has 0 spiro atoms. The first-order valence-electron chi connectivity index (χ1n) is 6.13. The lowest BCUT2D eigenvalue weighted by Crippen LogP contribution is -2.24. The van der Waals surface area contributed by atoms with Crippen molar-refractivity contribution in [3.8, 4) is 11.4 Å². The number of carbonyl (C=O) groups excluding carboxylic acids is 1. The van der Waals surface area contributed by atoms with Crippen molar-refractivity contribution in [1.29, 1.82) is 0 Å². The number of alkyl halides is 3. The molecule has 22 heavy (non-hydrogen) atoms. The molecule has 0 saturated heterocycles. The summed E-state index contributed by atoms with van der Waals surface area (Å²) in [6, 6.07) is 2.45. The van der Waals surface area contributed by atoms with E-state index < -0.39 is 17.6 Å². The summed E-state index contributed by atoms with van der Waals surface area (Å²) in [5.41, 5.74) is -0.389. The largest absolute Gasteiger partial charge is 0.471 e. The van der Waals surface area contributed by atoms with Crippen LogP contribution in [0.5, 0.6) is 0 Å². The van der Waals surface area contributed by atoms with Crippen molar-refractivity contribution in [2.24, 2.45) is 0 Å². The first-order chi connectivity index (χ1) is 10.3. The Morgan fingerprint density at radius 3 is 2.73 bits per heavy atom. The highest BCUT2D eigenvalue weighted by Crippen LogP contribution is 2.28. The number of nitrogens with one attached hydrogen (secondary N) is 1. The zero-order valence-electron chi connectivity index (χ0n) is 11.3. The van der Waals surface area contributed by atoms with Gasteiger partial charge in [-0.3, -0.25) is 9.59 Å². The number of halogens is 3. The molecule has 7 nitrogen and oxygen atoms in total. The number of pyridine rings is 1. The molecular weight excluding hydrogens is 305 g/mol. The minimum atomic E-state index is -4.74. The Balaban J connectivity index is 2.20. The van der Waals surface area contributed by atoms with Gasteiger partial charge in [-0.1, -0.05) is 5.16 Å². The minimum Gasteiger partial charge on any atom is -0.359 e. The van der Waals surface area contributed by atoms with E-state index in [9.17, 15) is 22.8 Å². The average molecular weight is 316 g/mol. The van der Waals surface area contributed by atoms with Crippen LogP contribution in [-0.2, 0) is 17.5 Å². The summed E-state index contributed by atoms with van der Waals surface area (Å²) in [6.07, 6.45) is -3.28. The summed E-state index contributed by atoms with van der Waals surface area (Å²) < 4.78 is 42.5. The molecule has 118 valence electrons. The molecule has 0 unspecified atom stereocenters. The first-order valence-corrected chi connectivity index (χ1v) is 6.13. The van der Waals surface area contributed by atoms with Crippen LogP contribution in [0.3, 0.4) is 0 Å². The van der Waals surface area contributed by atoms with Crippen molar-refractivity contribution in [3.05, 3.63) is 34.6 Å². The molecule has 0 radical (unpaired) electrons. The van der Waals surface area contributed by atoms with Crippen molar-refractivity contribution in [1.82, 2.24) is 20.0 Å². The number of aryl methyl sites for hydroxylation is 1. The second-order valence-corrected chi connectivity index (χ2v) is 4.29. The van der Waals surface area contributed by atoms with Gasteiger partial charge in [0.25, 0.3) is 5.56 Å². The van der Waals surface area contributed by atoms with Gasteiger partial charge >= 0.3 is 12.1 Å². The van der Waals surface area contributed by atoms with E-state index in [4.69, 9.17) is 0 Å². The van der Waals surface area contributed by atoms with Crippen LogP contribution in [0.2, 0.25) is 0 Å². The Kier molecular flexibility index (Phi) is 4.29. The fraction of sp³-hybridized carbons (Fsp3) is 0.333. The number of carbonyl (C=O) groups is 1. The summed E-state index contributed by atoms with van der Waals surface area (Å²) in [5, 5.41) is 5.61. The lowest BCUT2D eigenvalue weighted by molar-refractivity contribution is -0.159. The molecule has 2 aromatic rings. The molecule has 0 aliphatic rings. The highest BCUT2D eigenvalue weighted by atomic mass is 19.4. The van der Waals surface area contributed by atoms with Crippen molar-refractivity contribution in [2.75, 3.05) is 7.05 Å². The topological polar surface area (TPSA) is 90.0 Å². The Hall–Kier alpha value is -2.65. The van der Waals surface area contributed by atoms with Gasteiger partial charge in [0.05, 0.1) is 0 Å². The Morgan fingerprint density at radius 1 is 1.45 bits per heavy atom. The molecule has 2 rings (SSSR count). The van der Waals surface area contributed by atoms with Gasteiger partial charge in [0.15, 0.2) is 0 Å². The van der Waals surface area contributed by atoms with Crippen molar-refractivity contribution < 1.29 is 22.5 Å². The molecule has 0 saturated carbocycles. The van der Waals surface area contributed by atoms with E-state index >= 15 is 0 Å². The second-order valence-electron chi connectivity index (χ2n) is 4.29. The Labute approximate surface area is 121 Å². The van der Waals surface area contributed by atoms with Crippen LogP contribution in [0.25, 0.3) is 11.4 Å². The summed E-state index contributed by atoms with van der Waals surface area (Å²) in [5.74, 6) is -2.04. The van der Waals surface area contributed by atoms with Crippen molar-refractivity contribution >= 4 is 5.91 Å². The molecule has 0 aromatic carbocycles. The molecule has 2 heterocycles. The molecule has 1 amide bonds. The smallest absolute Gasteiger partial charge is 0.359 e. The van der Waals surface area contributed by atoms with E-state index in [1.165, 1.54) is 23.9 Å². The fourth-order valence-corrected chi connectivity index (χ4v) is 1.63. The number of hydrogen-bond acceptors (Lipinski definition) is 5. The average Bonchev–Trinajstić information content (AvgIpc) is 2.95. The summed E-state index contributed by atoms with van der Waals surface area (Å²) >= 11 is 0. The van der Waals surface area contributed by atoms with Gasteiger partial charge in [-0.25, -0.2) is 0 Å². The quantitative estimate of drug-likeness (QED) is 0.910. The van der Waals surface area contributed by atoms with Gasteiger partial charge in [-0.05, 0) is 6.07 Å². The van der Waals surface area contributed by atoms with Gasteiger partial charge < -0.3 is 14.4 Å². The Morgan fingerprint density at radius 2 is 2.18 bits per heavy atom. The van der Waals surface area contributed by atoms with Crippen LogP contribution in [-0.4, -0.2) is 27.7 Å². The van der Waals surface area contributed by atoms with E-state index in [1.807, 2.05) is 0 Å². The summed E-state index contributed by atoms with van der Waals surface area (Å²) in [6.45, 7) is 0.152. The molecule has 1 N–H and O–H groups in total. The third-order valence-electron chi connectivity index (χ3n) is 2.78. The van der Waals surface area contributed by atoms with Crippen LogP contribution < -0.4 is 10.9 Å². The molecule has 0 fully saturated rings. The van der Waals surface area contributed by atoms with E-state index in [2.05, 4.69) is 20.0 Å². The first kappa shape index (κ1) is 15.7. The van der Waals surface area contributed by atoms with Crippen LogP contribution in [0.1, 0.15) is 12.3 Å². The lowest BCUT2D eigenvalue weighted by atomic mass is 10.2. The lowest BCUT2D eigenvalue weighted by Gasteiger charge is -2.05. The van der Waals surface area contributed by atoms with Crippen LogP contribution >= 0.6 is 0 Å². The van der Waals surface area contributed by atoms with Gasteiger partial charge in [0.1, 0.15) is 0 Å². The van der Waals surface area contributed by atoms with Crippen LogP contribution in [0.15, 0.2) is 27.6 Å². The number of amides is 1. The molecule has 0 bridgehead atoms. The van der Waals surface area contributed by atoms with Crippen LogP contribution in [0.4, 0.5) is 13.2 Å². The predicted octanol–water partition coefficient (Wildman–Crippen LogP) is 1.05. The number of hydrogen-bond donors (Lipinski definition) is 1. The molecule has 0 atom stereocenters. The van der Waals surface area contributed by atoms with E-state index in [0.29, 0.717) is 0 Å². The summed E-state index contributed by atoms with van der Waals surface area (Å²) in [7, 11) is 1.47. The third-order valence-corrected chi connectivity index (χ3v) is 2.78. The second kappa shape index (κ2) is 6.00. The third kappa shape index (κ3) is 3.51. The zero-order valence-corrected chi connectivity index (χ0v) is 11.3. The zero-order chi connectivity index (χ0) is 16.3. The number of aromatic nitrogens is 3. The van der Waals surface area contributed by atoms with Gasteiger partial charge in [0, 0.05) is 37.8 Å². The molecule has 10 heteroatoms. The maximum Gasteiger partial charge on any atom is 0.471 e. The SMILES string of the molecule is CNC(=O)CCn1ccc(-c2noc(C(F)(F)F)n2)cc1=O. The molecule has 0 aliphatic heterocycles. The minimum absolute atomic E-state index is 0.0976. The Bertz CT molecular complexity index is 736. The normalized spacial score (nSPS) is 11.5. The van der Waals surface area contributed by atoms with Crippen molar-refractivity contribution in [3.63, 3.8) is 0 Å². The number of rotatable bonds is 4. The highest BCUT2D eigenvalue weighted by Gasteiger charge is 2.38. The number of nitrogens with zero attached hydrogens (tertiary/aromatic N) is 3. The molecule has 0 aliphatic carbocycles. The molecular formula is C12H11F3N4O3. The van der Waals surface area contributed by atoms with Gasteiger partial charge in [-0.2, -0.15) is 18.2 Å². The van der Waals surface area contributed by atoms with Gasteiger partial charge in [0.2, 0.25) is 11.7 Å². The maximum atomic E-state index is 12.4. The maximum absolute atomic E-state index is 12.4. The standard InChI is InChI=1S/C12H11F3N4O3/c1-16-8(20)3-5-19-4-2-7(6-9(19)21)10-17-11(22-18-10)12(13,14)15/h2,4,6H,3,5H2,1H3,(H,16,20). The summed E-state index contributed by atoms with van der Waals surface area (Å²) in [4.78, 5) is 26.2. The van der Waals surface area contributed by atoms with E-state index in [-0.39, 0.29) is 30.3 Å². The van der Waals surface area contributed by atoms with Gasteiger partial charge in [-0.15, -0.1) is 0 Å². The van der Waals surface area contributed by atoms with Crippen molar-refractivity contribution in [2.45, 2.75) is 19.1 Å².